The van der Waals surface area contributed by atoms with E-state index in [1.54, 1.807) is 36.5 Å². The van der Waals surface area contributed by atoms with Crippen LogP contribution in [0.1, 0.15) is 5.56 Å². The second-order valence-electron chi connectivity index (χ2n) is 6.92. The minimum Gasteiger partial charge on any atom is -0.360 e. The standard InChI is InChI=1S/C22H15Cl2NO4S2/c23-18-10-13(9-14(26)12-31(28,29)21-8-7-20(24)30-21)5-6-15(18)17-11-25-19-4-2-1-3-16(19)22(17)27/h1-8,10-11H,9,12H2,(H,25,27). The highest BCUT2D eigenvalue weighted by molar-refractivity contribution is 7.94. The van der Waals surface area contributed by atoms with Crippen molar-refractivity contribution in [3.8, 4) is 11.1 Å². The van der Waals surface area contributed by atoms with Gasteiger partial charge in [-0.15, -0.1) is 11.3 Å². The van der Waals surface area contributed by atoms with Gasteiger partial charge in [-0.2, -0.15) is 0 Å². The van der Waals surface area contributed by atoms with Gasteiger partial charge in [0, 0.05) is 39.7 Å². The lowest BCUT2D eigenvalue weighted by Crippen LogP contribution is -2.17. The van der Waals surface area contributed by atoms with Gasteiger partial charge < -0.3 is 4.98 Å². The van der Waals surface area contributed by atoms with Crippen molar-refractivity contribution in [3.05, 3.63) is 85.9 Å². The highest BCUT2D eigenvalue weighted by Crippen LogP contribution is 2.29. The SMILES string of the molecule is O=C(Cc1ccc(-c2c[nH]c3ccccc3c2=O)c(Cl)c1)CS(=O)(=O)c1ccc(Cl)s1. The van der Waals surface area contributed by atoms with Crippen LogP contribution in [0.4, 0.5) is 0 Å². The van der Waals surface area contributed by atoms with Crippen LogP contribution < -0.4 is 5.43 Å². The predicted octanol–water partition coefficient (Wildman–Crippen LogP) is 5.15. The van der Waals surface area contributed by atoms with Crippen molar-refractivity contribution in [2.24, 2.45) is 0 Å². The van der Waals surface area contributed by atoms with Gasteiger partial charge in [-0.1, -0.05) is 47.5 Å². The molecular weight excluding hydrogens is 477 g/mol. The molecule has 0 saturated carbocycles. The zero-order chi connectivity index (χ0) is 22.2. The van der Waals surface area contributed by atoms with Gasteiger partial charge >= 0.3 is 0 Å². The van der Waals surface area contributed by atoms with Gasteiger partial charge in [0.05, 0.1) is 4.34 Å². The number of rotatable bonds is 6. The summed E-state index contributed by atoms with van der Waals surface area (Å²) in [6.45, 7) is 0. The highest BCUT2D eigenvalue weighted by atomic mass is 35.5. The predicted molar refractivity (Wildman–Crippen MR) is 125 cm³/mol. The number of carbonyl (C=O) groups excluding carboxylic acids is 1. The Morgan fingerprint density at radius 2 is 1.77 bits per heavy atom. The number of thiophene rings is 1. The summed E-state index contributed by atoms with van der Waals surface area (Å²) in [6.07, 6.45) is 1.52. The minimum atomic E-state index is -3.74. The third-order valence-corrected chi connectivity index (χ3v) is 8.52. The Labute approximate surface area is 192 Å². The molecular formula is C22H15Cl2NO4S2. The van der Waals surface area contributed by atoms with Crippen LogP contribution in [0.15, 0.2) is 69.8 Å². The Balaban J connectivity index is 1.56. The van der Waals surface area contributed by atoms with E-state index in [1.165, 1.54) is 12.1 Å². The van der Waals surface area contributed by atoms with E-state index in [2.05, 4.69) is 4.98 Å². The molecule has 0 saturated heterocycles. The van der Waals surface area contributed by atoms with Crippen LogP contribution in [-0.4, -0.2) is 24.9 Å². The number of aromatic amines is 1. The Hall–Kier alpha value is -2.45. The molecule has 0 aliphatic carbocycles. The Morgan fingerprint density at radius 1 is 1.00 bits per heavy atom. The van der Waals surface area contributed by atoms with Crippen LogP contribution in [0, 0.1) is 0 Å². The van der Waals surface area contributed by atoms with E-state index < -0.39 is 21.4 Å². The van der Waals surface area contributed by atoms with E-state index >= 15 is 0 Å². The van der Waals surface area contributed by atoms with E-state index in [-0.39, 0.29) is 16.1 Å². The molecule has 0 amide bonds. The van der Waals surface area contributed by atoms with Gasteiger partial charge in [0.2, 0.25) is 0 Å². The van der Waals surface area contributed by atoms with Crippen molar-refractivity contribution in [2.75, 3.05) is 5.75 Å². The average Bonchev–Trinajstić information content (AvgIpc) is 3.16. The molecule has 4 rings (SSSR count). The monoisotopic (exact) mass is 491 g/mol. The first-order chi connectivity index (χ1) is 14.7. The summed E-state index contributed by atoms with van der Waals surface area (Å²) in [4.78, 5) is 28.3. The fourth-order valence-electron chi connectivity index (χ4n) is 3.28. The van der Waals surface area contributed by atoms with E-state index in [4.69, 9.17) is 23.2 Å². The zero-order valence-corrected chi connectivity index (χ0v) is 19.0. The number of hydrogen-bond donors (Lipinski definition) is 1. The number of sulfone groups is 1. The summed E-state index contributed by atoms with van der Waals surface area (Å²) in [5, 5.41) is 0.855. The number of Topliss-reactive ketones (excluding diaryl/α,β-unsaturated/α-hetero) is 1. The summed E-state index contributed by atoms with van der Waals surface area (Å²) in [7, 11) is -3.74. The first-order valence-corrected chi connectivity index (χ1v) is 12.4. The van der Waals surface area contributed by atoms with Crippen LogP contribution in [0.3, 0.4) is 0 Å². The van der Waals surface area contributed by atoms with E-state index in [1.807, 2.05) is 12.1 Å². The molecule has 1 N–H and O–H groups in total. The summed E-state index contributed by atoms with van der Waals surface area (Å²) in [5.41, 5.74) is 2.09. The number of aromatic nitrogens is 1. The van der Waals surface area contributed by atoms with Gasteiger partial charge in [-0.25, -0.2) is 8.42 Å². The lowest BCUT2D eigenvalue weighted by Gasteiger charge is -2.08. The molecule has 158 valence electrons. The van der Waals surface area contributed by atoms with E-state index in [0.29, 0.717) is 31.4 Å². The van der Waals surface area contributed by atoms with Crippen LogP contribution in [0.2, 0.25) is 9.36 Å². The van der Waals surface area contributed by atoms with Gasteiger partial charge in [-0.3, -0.25) is 9.59 Å². The third kappa shape index (κ3) is 4.60. The Morgan fingerprint density at radius 3 is 2.48 bits per heavy atom. The molecule has 0 bridgehead atoms. The van der Waals surface area contributed by atoms with Crippen LogP contribution in [0.25, 0.3) is 22.0 Å². The molecule has 2 heterocycles. The zero-order valence-electron chi connectivity index (χ0n) is 15.9. The molecule has 0 radical (unpaired) electrons. The van der Waals surface area contributed by atoms with Gasteiger partial charge in [0.25, 0.3) is 0 Å². The topological polar surface area (TPSA) is 84.1 Å². The normalized spacial score (nSPS) is 11.7. The number of halogens is 2. The quantitative estimate of drug-likeness (QED) is 0.404. The molecule has 2 aromatic heterocycles. The number of para-hydroxylation sites is 1. The molecule has 0 atom stereocenters. The number of H-pyrrole nitrogens is 1. The van der Waals surface area contributed by atoms with Gasteiger partial charge in [-0.05, 0) is 35.9 Å². The minimum absolute atomic E-state index is 0.0646. The smallest absolute Gasteiger partial charge is 0.197 e. The number of carbonyl (C=O) groups is 1. The lowest BCUT2D eigenvalue weighted by atomic mass is 10.0. The summed E-state index contributed by atoms with van der Waals surface area (Å²) < 4.78 is 25.1. The summed E-state index contributed by atoms with van der Waals surface area (Å²) in [6, 6.07) is 15.0. The maximum Gasteiger partial charge on any atom is 0.197 e. The molecule has 5 nitrogen and oxygen atoms in total. The largest absolute Gasteiger partial charge is 0.360 e. The summed E-state index contributed by atoms with van der Waals surface area (Å²) >= 11 is 13.1. The molecule has 4 aromatic rings. The van der Waals surface area contributed by atoms with Gasteiger partial charge in [0.15, 0.2) is 21.0 Å². The second kappa shape index (κ2) is 8.59. The lowest BCUT2D eigenvalue weighted by molar-refractivity contribution is -0.116. The van der Waals surface area contributed by atoms with Crippen LogP contribution in [-0.2, 0) is 21.1 Å². The molecule has 31 heavy (non-hydrogen) atoms. The third-order valence-electron chi connectivity index (χ3n) is 4.72. The number of benzene rings is 2. The number of ketones is 1. The first-order valence-electron chi connectivity index (χ1n) is 9.13. The fraction of sp³-hybridized carbons (Fsp3) is 0.0909. The maximum atomic E-state index is 12.8. The van der Waals surface area contributed by atoms with E-state index in [0.717, 1.165) is 16.9 Å². The number of nitrogens with one attached hydrogen (secondary N) is 1. The van der Waals surface area contributed by atoms with Gasteiger partial charge in [0.1, 0.15) is 9.96 Å². The highest BCUT2D eigenvalue weighted by Gasteiger charge is 2.22. The van der Waals surface area contributed by atoms with E-state index in [9.17, 15) is 18.0 Å². The van der Waals surface area contributed by atoms with Crippen molar-refractivity contribution < 1.29 is 13.2 Å². The second-order valence-corrected chi connectivity index (χ2v) is 11.3. The molecule has 0 aliphatic rings. The fourth-order valence-corrected chi connectivity index (χ4v) is 6.40. The van der Waals surface area contributed by atoms with Crippen molar-refractivity contribution in [1.82, 2.24) is 4.98 Å². The molecule has 2 aromatic carbocycles. The molecule has 9 heteroatoms. The molecule has 0 unspecified atom stereocenters. The van der Waals surface area contributed by atoms with Crippen molar-refractivity contribution in [1.29, 1.82) is 0 Å². The first kappa shape index (κ1) is 21.8. The van der Waals surface area contributed by atoms with Crippen molar-refractivity contribution in [3.63, 3.8) is 0 Å². The number of pyridine rings is 1. The number of hydrogen-bond acceptors (Lipinski definition) is 5. The van der Waals surface area contributed by atoms with Crippen LogP contribution in [0.5, 0.6) is 0 Å². The molecule has 0 fully saturated rings. The Kier molecular flexibility index (Phi) is 6.03. The number of fused-ring (bicyclic) bond motifs is 1. The molecule has 0 aliphatic heterocycles. The Bertz CT molecular complexity index is 1470. The van der Waals surface area contributed by atoms with Crippen LogP contribution >= 0.6 is 34.5 Å². The van der Waals surface area contributed by atoms with Crippen molar-refractivity contribution >= 4 is 61.1 Å². The average molecular weight is 492 g/mol. The molecule has 0 spiro atoms. The maximum absolute atomic E-state index is 12.8. The summed E-state index contributed by atoms with van der Waals surface area (Å²) in [5.74, 6) is -1.08. The van der Waals surface area contributed by atoms with Crippen molar-refractivity contribution in [2.45, 2.75) is 10.6 Å².